The Morgan fingerprint density at radius 1 is 1.16 bits per heavy atom. The van der Waals surface area contributed by atoms with Gasteiger partial charge in [0, 0.05) is 6.54 Å². The molecule has 0 aliphatic carbocycles. The van der Waals surface area contributed by atoms with Crippen molar-refractivity contribution in [3.63, 3.8) is 0 Å². The van der Waals surface area contributed by atoms with Gasteiger partial charge in [-0.2, -0.15) is 0 Å². The van der Waals surface area contributed by atoms with E-state index in [1.54, 1.807) is 0 Å². The van der Waals surface area contributed by atoms with Crippen LogP contribution in [0.15, 0.2) is 12.4 Å². The second-order valence-corrected chi connectivity index (χ2v) is 4.09. The summed E-state index contributed by atoms with van der Waals surface area (Å²) in [7, 11) is 0. The summed E-state index contributed by atoms with van der Waals surface area (Å²) >= 11 is 0. The molecule has 8 nitrogen and oxygen atoms in total. The van der Waals surface area contributed by atoms with Crippen molar-refractivity contribution in [3.8, 4) is 0 Å². The van der Waals surface area contributed by atoms with Crippen LogP contribution in [0.25, 0.3) is 0 Å². The summed E-state index contributed by atoms with van der Waals surface area (Å²) in [6, 6.07) is -0.853. The van der Waals surface area contributed by atoms with Crippen LogP contribution in [0.4, 0.5) is 0 Å². The maximum Gasteiger partial charge on any atom is 0.356 e. The number of amides is 1. The number of likely N-dealkylation sites (tertiary alicyclic amines) is 1. The van der Waals surface area contributed by atoms with Crippen LogP contribution in [0.3, 0.4) is 0 Å². The van der Waals surface area contributed by atoms with Gasteiger partial charge >= 0.3 is 11.9 Å². The van der Waals surface area contributed by atoms with Gasteiger partial charge in [0.15, 0.2) is 5.69 Å². The lowest BCUT2D eigenvalue weighted by atomic mass is 10.2. The molecule has 0 unspecified atom stereocenters. The van der Waals surface area contributed by atoms with Crippen molar-refractivity contribution in [2.24, 2.45) is 0 Å². The first kappa shape index (κ1) is 12.9. The minimum Gasteiger partial charge on any atom is -0.480 e. The van der Waals surface area contributed by atoms with Crippen LogP contribution in [0.5, 0.6) is 0 Å². The van der Waals surface area contributed by atoms with Gasteiger partial charge in [-0.1, -0.05) is 0 Å². The molecule has 1 saturated heterocycles. The van der Waals surface area contributed by atoms with Crippen molar-refractivity contribution in [3.05, 3.63) is 23.8 Å². The maximum atomic E-state index is 12.1. The number of rotatable bonds is 3. The van der Waals surface area contributed by atoms with Crippen molar-refractivity contribution < 1.29 is 24.6 Å². The number of nitrogens with zero attached hydrogens (tertiary/aromatic N) is 3. The Morgan fingerprint density at radius 2 is 1.79 bits per heavy atom. The average molecular weight is 265 g/mol. The van der Waals surface area contributed by atoms with E-state index >= 15 is 0 Å². The molecule has 0 aromatic carbocycles. The van der Waals surface area contributed by atoms with Gasteiger partial charge in [0.1, 0.15) is 11.7 Å². The molecule has 1 aliphatic heterocycles. The second kappa shape index (κ2) is 5.01. The lowest BCUT2D eigenvalue weighted by Gasteiger charge is -2.20. The molecule has 100 valence electrons. The smallest absolute Gasteiger partial charge is 0.356 e. The number of carbonyl (C=O) groups excluding carboxylic acids is 1. The fourth-order valence-corrected chi connectivity index (χ4v) is 1.96. The minimum absolute atomic E-state index is 0.0573. The number of hydrogen-bond acceptors (Lipinski definition) is 5. The Hall–Kier alpha value is -2.51. The molecule has 19 heavy (non-hydrogen) atoms. The van der Waals surface area contributed by atoms with E-state index < -0.39 is 23.9 Å². The van der Waals surface area contributed by atoms with Crippen LogP contribution < -0.4 is 0 Å². The third-order valence-corrected chi connectivity index (χ3v) is 2.89. The van der Waals surface area contributed by atoms with Crippen LogP contribution >= 0.6 is 0 Å². The van der Waals surface area contributed by atoms with Gasteiger partial charge in [-0.3, -0.25) is 4.79 Å². The molecule has 2 N–H and O–H groups in total. The van der Waals surface area contributed by atoms with E-state index in [4.69, 9.17) is 10.2 Å². The van der Waals surface area contributed by atoms with Crippen molar-refractivity contribution in [2.45, 2.75) is 18.9 Å². The van der Waals surface area contributed by atoms with E-state index in [2.05, 4.69) is 9.97 Å². The average Bonchev–Trinajstić information content (AvgIpc) is 2.87. The summed E-state index contributed by atoms with van der Waals surface area (Å²) in [4.78, 5) is 42.2. The van der Waals surface area contributed by atoms with Crippen molar-refractivity contribution in [2.75, 3.05) is 6.54 Å². The normalized spacial score (nSPS) is 18.3. The van der Waals surface area contributed by atoms with Crippen molar-refractivity contribution >= 4 is 17.8 Å². The molecule has 0 spiro atoms. The Balaban J connectivity index is 2.19. The Kier molecular flexibility index (Phi) is 3.41. The van der Waals surface area contributed by atoms with Gasteiger partial charge in [0.2, 0.25) is 0 Å². The third-order valence-electron chi connectivity index (χ3n) is 2.89. The zero-order valence-electron chi connectivity index (χ0n) is 9.81. The van der Waals surface area contributed by atoms with E-state index in [1.165, 1.54) is 4.90 Å². The first-order chi connectivity index (χ1) is 9.00. The molecule has 1 aromatic heterocycles. The van der Waals surface area contributed by atoms with Gasteiger partial charge < -0.3 is 15.1 Å². The molecule has 1 fully saturated rings. The largest absolute Gasteiger partial charge is 0.480 e. The minimum atomic E-state index is -1.24. The van der Waals surface area contributed by atoms with E-state index in [0.29, 0.717) is 19.4 Å². The summed E-state index contributed by atoms with van der Waals surface area (Å²) < 4.78 is 0. The number of hydrogen-bond donors (Lipinski definition) is 2. The lowest BCUT2D eigenvalue weighted by Crippen LogP contribution is -2.40. The van der Waals surface area contributed by atoms with E-state index in [9.17, 15) is 14.4 Å². The number of carboxylic acid groups (broad SMARTS) is 2. The molecule has 1 aromatic rings. The fraction of sp³-hybridized carbons (Fsp3) is 0.364. The molecule has 8 heteroatoms. The summed E-state index contributed by atoms with van der Waals surface area (Å²) in [5, 5.41) is 17.7. The standard InChI is InChI=1S/C11H11N3O5/c15-9(14-3-1-2-8(14)11(18)19)6-4-13-7(5-12-6)10(16)17/h4-5,8H,1-3H2,(H,16,17)(H,18,19)/t8-/m0/s1. The predicted octanol–water partition coefficient (Wildman–Crippen LogP) is -0.136. The van der Waals surface area contributed by atoms with Crippen LogP contribution in [-0.4, -0.2) is 55.5 Å². The SMILES string of the molecule is O=C(O)c1cnc(C(=O)N2CCC[C@H]2C(=O)O)cn1. The third kappa shape index (κ3) is 2.51. The maximum absolute atomic E-state index is 12.1. The summed E-state index contributed by atoms with van der Waals surface area (Å²) in [6.45, 7) is 0.345. The molecule has 1 atom stereocenters. The Morgan fingerprint density at radius 3 is 2.32 bits per heavy atom. The monoisotopic (exact) mass is 265 g/mol. The zero-order chi connectivity index (χ0) is 14.0. The van der Waals surface area contributed by atoms with Gasteiger partial charge in [-0.05, 0) is 12.8 Å². The number of aromatic carboxylic acids is 1. The van der Waals surface area contributed by atoms with E-state index in [0.717, 1.165) is 12.4 Å². The Labute approximate surface area is 107 Å². The second-order valence-electron chi connectivity index (χ2n) is 4.09. The van der Waals surface area contributed by atoms with Crippen molar-refractivity contribution in [1.82, 2.24) is 14.9 Å². The number of aromatic nitrogens is 2. The topological polar surface area (TPSA) is 121 Å². The van der Waals surface area contributed by atoms with Crippen LogP contribution in [0.2, 0.25) is 0 Å². The first-order valence-corrected chi connectivity index (χ1v) is 5.60. The summed E-state index contributed by atoms with van der Waals surface area (Å²) in [5.74, 6) is -2.84. The highest BCUT2D eigenvalue weighted by Gasteiger charge is 2.35. The van der Waals surface area contributed by atoms with Gasteiger partial charge in [-0.15, -0.1) is 0 Å². The van der Waals surface area contributed by atoms with Crippen LogP contribution in [0.1, 0.15) is 33.8 Å². The van der Waals surface area contributed by atoms with Gasteiger partial charge in [-0.25, -0.2) is 19.6 Å². The quantitative estimate of drug-likeness (QED) is 0.780. The predicted molar refractivity (Wildman–Crippen MR) is 60.7 cm³/mol. The summed E-state index contributed by atoms with van der Waals surface area (Å²) in [6.07, 6.45) is 3.04. The van der Waals surface area contributed by atoms with E-state index in [-0.39, 0.29) is 11.4 Å². The highest BCUT2D eigenvalue weighted by atomic mass is 16.4. The molecular weight excluding hydrogens is 254 g/mol. The molecule has 0 bridgehead atoms. The molecule has 0 radical (unpaired) electrons. The lowest BCUT2D eigenvalue weighted by molar-refractivity contribution is -0.141. The number of carboxylic acids is 2. The van der Waals surface area contributed by atoms with Crippen molar-refractivity contribution in [1.29, 1.82) is 0 Å². The highest BCUT2D eigenvalue weighted by molar-refractivity contribution is 5.95. The van der Waals surface area contributed by atoms with E-state index in [1.807, 2.05) is 0 Å². The molecule has 2 rings (SSSR count). The highest BCUT2D eigenvalue weighted by Crippen LogP contribution is 2.19. The molecule has 0 saturated carbocycles. The zero-order valence-corrected chi connectivity index (χ0v) is 9.81. The molecule has 1 amide bonds. The van der Waals surface area contributed by atoms with Crippen LogP contribution in [0, 0.1) is 0 Å². The summed E-state index contributed by atoms with van der Waals surface area (Å²) in [5.41, 5.74) is -0.328. The van der Waals surface area contributed by atoms with Gasteiger partial charge in [0.05, 0.1) is 12.4 Å². The van der Waals surface area contributed by atoms with Crippen LogP contribution in [-0.2, 0) is 4.79 Å². The van der Waals surface area contributed by atoms with Gasteiger partial charge in [0.25, 0.3) is 5.91 Å². The fourth-order valence-electron chi connectivity index (χ4n) is 1.96. The Bertz CT molecular complexity index is 528. The number of carbonyl (C=O) groups is 3. The molecule has 2 heterocycles. The number of aliphatic carboxylic acids is 1. The molecular formula is C11H11N3O5. The first-order valence-electron chi connectivity index (χ1n) is 5.60. The molecule has 1 aliphatic rings.